The molecule has 90 valence electrons. The van der Waals surface area contributed by atoms with Crippen molar-refractivity contribution in [3.05, 3.63) is 39.5 Å². The van der Waals surface area contributed by atoms with Gasteiger partial charge in [-0.05, 0) is 92.0 Å². The normalized spacial score (nSPS) is 17.1. The number of carbonyl (C=O) groups excluding carboxylic acids is 1. The van der Waals surface area contributed by atoms with E-state index in [1.165, 1.54) is 39.0 Å². The maximum Gasteiger partial charge on any atom is 0.143 e. The van der Waals surface area contributed by atoms with Crippen LogP contribution in [0.2, 0.25) is 0 Å². The molecule has 2 rings (SSSR count). The highest BCUT2D eigenvalue weighted by Gasteiger charge is 2.20. The van der Waals surface area contributed by atoms with Crippen molar-refractivity contribution in [3.8, 4) is 0 Å². The number of rotatable bonds is 1. The van der Waals surface area contributed by atoms with Crippen LogP contribution < -0.4 is 0 Å². The van der Waals surface area contributed by atoms with Crippen LogP contribution in [0.4, 0.5) is 0 Å². The van der Waals surface area contributed by atoms with Crippen molar-refractivity contribution >= 4 is 11.9 Å². The largest absolute Gasteiger partial charge is 0.299 e. The molecule has 0 aliphatic heterocycles. The van der Waals surface area contributed by atoms with Crippen molar-refractivity contribution < 1.29 is 4.79 Å². The van der Waals surface area contributed by atoms with Crippen LogP contribution in [0.25, 0.3) is 5.57 Å². The topological polar surface area (TPSA) is 17.1 Å². The first kappa shape index (κ1) is 12.1. The second-order valence-corrected chi connectivity index (χ2v) is 5.04. The maximum atomic E-state index is 10.8. The molecule has 0 spiro atoms. The number of aldehydes is 1. The van der Waals surface area contributed by atoms with E-state index >= 15 is 0 Å². The summed E-state index contributed by atoms with van der Waals surface area (Å²) in [6, 6.07) is 0. The van der Waals surface area contributed by atoms with Crippen molar-refractivity contribution in [1.29, 1.82) is 0 Å². The van der Waals surface area contributed by atoms with Gasteiger partial charge in [-0.25, -0.2) is 0 Å². The second kappa shape index (κ2) is 4.48. The summed E-state index contributed by atoms with van der Waals surface area (Å²) in [5.41, 5.74) is 9.60. The van der Waals surface area contributed by atoms with Gasteiger partial charge in [0.15, 0.2) is 0 Å². The van der Waals surface area contributed by atoms with E-state index in [1.54, 1.807) is 6.08 Å². The summed E-state index contributed by atoms with van der Waals surface area (Å²) in [4.78, 5) is 10.8. The smallest absolute Gasteiger partial charge is 0.143 e. The number of carbonyl (C=O) groups is 1. The molecule has 0 unspecified atom stereocenters. The molecule has 1 heteroatoms. The van der Waals surface area contributed by atoms with Crippen molar-refractivity contribution in [2.75, 3.05) is 0 Å². The highest BCUT2D eigenvalue weighted by Crippen LogP contribution is 2.37. The fourth-order valence-electron chi connectivity index (χ4n) is 2.97. The van der Waals surface area contributed by atoms with Crippen LogP contribution in [0.5, 0.6) is 0 Å². The van der Waals surface area contributed by atoms with E-state index in [-0.39, 0.29) is 0 Å². The van der Waals surface area contributed by atoms with E-state index < -0.39 is 0 Å². The van der Waals surface area contributed by atoms with Crippen LogP contribution in [0, 0.1) is 27.7 Å². The lowest BCUT2D eigenvalue weighted by Crippen LogP contribution is -2.10. The molecule has 0 saturated heterocycles. The molecule has 0 fully saturated rings. The SMILES string of the molecule is Cc1c(C)c(C)c2c(c1C)CCCC2=CC=O. The molecule has 0 bridgehead atoms. The molecule has 0 radical (unpaired) electrons. The Kier molecular flexibility index (Phi) is 3.19. The predicted molar refractivity (Wildman–Crippen MR) is 72.4 cm³/mol. The third-order valence-electron chi connectivity index (χ3n) is 4.28. The molecular formula is C16H20O. The number of hydrogen-bond acceptors (Lipinski definition) is 1. The van der Waals surface area contributed by atoms with Gasteiger partial charge in [0, 0.05) is 0 Å². The molecule has 0 N–H and O–H groups in total. The molecule has 0 heterocycles. The zero-order valence-corrected chi connectivity index (χ0v) is 11.2. The van der Waals surface area contributed by atoms with Crippen LogP contribution in [0.15, 0.2) is 6.08 Å². The first-order valence-corrected chi connectivity index (χ1v) is 6.31. The lowest BCUT2D eigenvalue weighted by molar-refractivity contribution is -0.104. The average molecular weight is 228 g/mol. The second-order valence-electron chi connectivity index (χ2n) is 5.04. The zero-order valence-electron chi connectivity index (χ0n) is 11.2. The molecule has 0 saturated carbocycles. The summed E-state index contributed by atoms with van der Waals surface area (Å²) in [6.45, 7) is 8.79. The van der Waals surface area contributed by atoms with Gasteiger partial charge >= 0.3 is 0 Å². The summed E-state index contributed by atoms with van der Waals surface area (Å²) in [6.07, 6.45) is 6.02. The van der Waals surface area contributed by atoms with E-state index in [4.69, 9.17) is 0 Å². The Bertz CT molecular complexity index is 507. The summed E-state index contributed by atoms with van der Waals surface area (Å²) in [7, 11) is 0. The van der Waals surface area contributed by atoms with E-state index in [2.05, 4.69) is 27.7 Å². The van der Waals surface area contributed by atoms with Crippen LogP contribution >= 0.6 is 0 Å². The van der Waals surface area contributed by atoms with Crippen molar-refractivity contribution in [3.63, 3.8) is 0 Å². The maximum absolute atomic E-state index is 10.8. The fourth-order valence-corrected chi connectivity index (χ4v) is 2.97. The minimum Gasteiger partial charge on any atom is -0.299 e. The Balaban J connectivity index is 2.78. The van der Waals surface area contributed by atoms with Gasteiger partial charge in [0.05, 0.1) is 0 Å². The van der Waals surface area contributed by atoms with Crippen LogP contribution in [-0.4, -0.2) is 6.29 Å². The molecule has 1 aliphatic rings. The van der Waals surface area contributed by atoms with Crippen LogP contribution in [0.3, 0.4) is 0 Å². The number of fused-ring (bicyclic) bond motifs is 1. The summed E-state index contributed by atoms with van der Waals surface area (Å²) < 4.78 is 0. The minimum absolute atomic E-state index is 0.925. The fraction of sp³-hybridized carbons (Fsp3) is 0.438. The van der Waals surface area contributed by atoms with E-state index in [0.29, 0.717) is 0 Å². The third kappa shape index (κ3) is 1.84. The van der Waals surface area contributed by atoms with Gasteiger partial charge in [0.1, 0.15) is 6.29 Å². The van der Waals surface area contributed by atoms with Gasteiger partial charge < -0.3 is 0 Å². The molecule has 0 aromatic heterocycles. The molecule has 1 aromatic carbocycles. The quantitative estimate of drug-likeness (QED) is 0.527. The molecule has 1 nitrogen and oxygen atoms in total. The van der Waals surface area contributed by atoms with E-state index in [0.717, 1.165) is 25.5 Å². The van der Waals surface area contributed by atoms with E-state index in [1.807, 2.05) is 0 Å². The van der Waals surface area contributed by atoms with Crippen LogP contribution in [0.1, 0.15) is 46.2 Å². The predicted octanol–water partition coefficient (Wildman–Crippen LogP) is 3.84. The summed E-state index contributed by atoms with van der Waals surface area (Å²) in [5, 5.41) is 0. The van der Waals surface area contributed by atoms with Gasteiger partial charge in [-0.1, -0.05) is 0 Å². The molecule has 0 amide bonds. The molecule has 1 aliphatic carbocycles. The van der Waals surface area contributed by atoms with Crippen molar-refractivity contribution in [2.24, 2.45) is 0 Å². The number of allylic oxidation sites excluding steroid dienone is 2. The first-order chi connectivity index (χ1) is 8.07. The lowest BCUT2D eigenvalue weighted by Gasteiger charge is -2.26. The Morgan fingerprint density at radius 3 is 2.18 bits per heavy atom. The Labute approximate surface area is 104 Å². The monoisotopic (exact) mass is 228 g/mol. The van der Waals surface area contributed by atoms with Gasteiger partial charge in [0.2, 0.25) is 0 Å². The Morgan fingerprint density at radius 2 is 1.53 bits per heavy atom. The molecule has 17 heavy (non-hydrogen) atoms. The lowest BCUT2D eigenvalue weighted by atomic mass is 9.79. The third-order valence-corrected chi connectivity index (χ3v) is 4.28. The summed E-state index contributed by atoms with van der Waals surface area (Å²) >= 11 is 0. The number of benzene rings is 1. The Hall–Kier alpha value is -1.37. The molecular weight excluding hydrogens is 208 g/mol. The standard InChI is InChI=1S/C16H20O/c1-10-11(2)13(4)16-14(8-9-17)6-5-7-15(16)12(10)3/h8-9H,5-7H2,1-4H3. The highest BCUT2D eigenvalue weighted by molar-refractivity contribution is 5.85. The zero-order chi connectivity index (χ0) is 12.6. The summed E-state index contributed by atoms with van der Waals surface area (Å²) in [5.74, 6) is 0. The number of hydrogen-bond donors (Lipinski definition) is 0. The van der Waals surface area contributed by atoms with Crippen molar-refractivity contribution in [2.45, 2.75) is 47.0 Å². The molecule has 0 atom stereocenters. The van der Waals surface area contributed by atoms with Gasteiger partial charge in [-0.15, -0.1) is 0 Å². The average Bonchev–Trinajstić information content (AvgIpc) is 2.34. The van der Waals surface area contributed by atoms with Crippen molar-refractivity contribution in [1.82, 2.24) is 0 Å². The van der Waals surface area contributed by atoms with Gasteiger partial charge in [-0.2, -0.15) is 0 Å². The Morgan fingerprint density at radius 1 is 0.882 bits per heavy atom. The minimum atomic E-state index is 0.925. The van der Waals surface area contributed by atoms with Crippen LogP contribution in [-0.2, 0) is 11.2 Å². The van der Waals surface area contributed by atoms with Gasteiger partial charge in [-0.3, -0.25) is 4.79 Å². The highest BCUT2D eigenvalue weighted by atomic mass is 16.1. The van der Waals surface area contributed by atoms with E-state index in [9.17, 15) is 4.79 Å². The van der Waals surface area contributed by atoms with Gasteiger partial charge in [0.25, 0.3) is 0 Å². The molecule has 1 aromatic rings. The first-order valence-electron chi connectivity index (χ1n) is 6.31.